The van der Waals surface area contributed by atoms with E-state index in [1.54, 1.807) is 31.2 Å². The molecule has 4 aromatic carbocycles. The Labute approximate surface area is 297 Å². The number of hydrogen-bond acceptors (Lipinski definition) is 8. The zero-order valence-corrected chi connectivity index (χ0v) is 29.4. The van der Waals surface area contributed by atoms with Crippen LogP contribution in [0.4, 0.5) is 0 Å². The normalized spacial score (nSPS) is 12.7. The summed E-state index contributed by atoms with van der Waals surface area (Å²) in [6, 6.07) is 37.2. The molecule has 0 aliphatic carbocycles. The number of allylic oxidation sites excluding steroid dienone is 2. The van der Waals surface area contributed by atoms with E-state index in [-0.39, 0.29) is 41.2 Å². The Morgan fingerprint density at radius 3 is 1.62 bits per heavy atom. The molecule has 0 spiro atoms. The van der Waals surface area contributed by atoms with E-state index in [1.807, 2.05) is 104 Å². The molecule has 10 heteroatoms. The monoisotopic (exact) mass is 644 g/mol. The molecule has 238 valence electrons. The molecule has 1 aliphatic heterocycles. The van der Waals surface area contributed by atoms with E-state index < -0.39 is 11.9 Å². The first kappa shape index (κ1) is 40.4. The number of ether oxygens (including phenoxy) is 2. The maximum absolute atomic E-state index is 12.3. The number of carbonyl (C=O) groups excluding carboxylic acids is 3. The van der Waals surface area contributed by atoms with Gasteiger partial charge in [-0.1, -0.05) is 97.1 Å². The Balaban J connectivity index is 0.000000418. The van der Waals surface area contributed by atoms with Gasteiger partial charge < -0.3 is 25.0 Å². The summed E-state index contributed by atoms with van der Waals surface area (Å²) in [6.45, 7) is 3.65. The number of hydrogen-bond donors (Lipinski definition) is 2. The second kappa shape index (κ2) is 22.0. The number of aliphatic hydroxyl groups excluding tert-OH is 1. The van der Waals surface area contributed by atoms with Crippen LogP contribution in [0.3, 0.4) is 0 Å². The summed E-state index contributed by atoms with van der Waals surface area (Å²) in [4.78, 5) is 40.6. The maximum Gasteiger partial charge on any atom is 1.00 e. The van der Waals surface area contributed by atoms with E-state index >= 15 is 0 Å². The first-order chi connectivity index (χ1) is 22.4. The van der Waals surface area contributed by atoms with Crippen molar-refractivity contribution in [3.05, 3.63) is 155 Å². The first-order valence-corrected chi connectivity index (χ1v) is 14.1. The molecule has 0 atom stereocenters. The van der Waals surface area contributed by atoms with Crippen molar-refractivity contribution in [2.45, 2.75) is 13.8 Å². The van der Waals surface area contributed by atoms with Crippen LogP contribution in [0.25, 0.3) is 11.1 Å². The third kappa shape index (κ3) is 11.9. The summed E-state index contributed by atoms with van der Waals surface area (Å²) < 4.78 is 10.0. The van der Waals surface area contributed by atoms with Crippen molar-refractivity contribution in [3.63, 3.8) is 0 Å². The van der Waals surface area contributed by atoms with Gasteiger partial charge in [0.15, 0.2) is 5.70 Å². The molecule has 0 aromatic heterocycles. The van der Waals surface area contributed by atoms with Crippen molar-refractivity contribution in [2.24, 2.45) is 4.99 Å². The molecule has 0 radical (unpaired) electrons. The summed E-state index contributed by atoms with van der Waals surface area (Å²) >= 11 is 0. The second-order valence-electron chi connectivity index (χ2n) is 9.19. The van der Waals surface area contributed by atoms with Gasteiger partial charge >= 0.3 is 41.5 Å². The minimum atomic E-state index is -0.578. The SMILES string of the molecule is C/C(=C1/N=C(c2ccccc2)OC1=O)c1ccccc1.CO.COC(=O)/C(NC(=O)c1ccccc1)=C(\C)c1ccccc1.C[O-].[Na+]. The quantitative estimate of drug-likeness (QED) is 0.186. The number of benzene rings is 4. The number of carbonyl (C=O) groups is 3. The molecule has 1 amide bonds. The fourth-order valence-electron chi connectivity index (χ4n) is 4.08. The molecule has 9 nitrogen and oxygen atoms in total. The minimum absolute atomic E-state index is 0. The molecule has 1 heterocycles. The Morgan fingerprint density at radius 1 is 0.723 bits per heavy atom. The first-order valence-electron chi connectivity index (χ1n) is 14.1. The zero-order chi connectivity index (χ0) is 33.9. The third-order valence-corrected chi connectivity index (χ3v) is 6.42. The van der Waals surface area contributed by atoms with E-state index in [4.69, 9.17) is 19.7 Å². The van der Waals surface area contributed by atoms with Crippen LogP contribution in [0.1, 0.15) is 40.9 Å². The number of methoxy groups -OCH3 is 1. The van der Waals surface area contributed by atoms with Crippen molar-refractivity contribution in [3.8, 4) is 0 Å². The molecule has 4 aromatic rings. The summed E-state index contributed by atoms with van der Waals surface area (Å²) in [5, 5.41) is 17.9. The number of nitrogens with one attached hydrogen (secondary N) is 1. The molecular formula is C37H37N2NaO7. The smallest absolute Gasteiger partial charge is 0.857 e. The van der Waals surface area contributed by atoms with Gasteiger partial charge in [0, 0.05) is 18.2 Å². The number of aliphatic imine (C=N–C) groups is 1. The Hall–Kier alpha value is -4.64. The van der Waals surface area contributed by atoms with E-state index in [0.717, 1.165) is 36.5 Å². The number of aliphatic hydroxyl groups is 1. The molecule has 47 heavy (non-hydrogen) atoms. The summed E-state index contributed by atoms with van der Waals surface area (Å²) in [6.07, 6.45) is 0. The molecule has 1 aliphatic rings. The van der Waals surface area contributed by atoms with Gasteiger partial charge in [0.25, 0.3) is 5.91 Å². The fraction of sp³-hybridized carbons (Fsp3) is 0.135. The Bertz CT molecular complexity index is 1660. The van der Waals surface area contributed by atoms with Crippen molar-refractivity contribution < 1.29 is 63.6 Å². The average molecular weight is 645 g/mol. The Morgan fingerprint density at radius 2 is 1.15 bits per heavy atom. The number of amides is 1. The number of rotatable bonds is 6. The fourth-order valence-corrected chi connectivity index (χ4v) is 4.08. The van der Waals surface area contributed by atoms with Gasteiger partial charge in [0.05, 0.1) is 7.11 Å². The van der Waals surface area contributed by atoms with E-state index in [0.29, 0.717) is 22.7 Å². The minimum Gasteiger partial charge on any atom is -0.857 e. The van der Waals surface area contributed by atoms with Gasteiger partial charge in [-0.25, -0.2) is 14.6 Å². The third-order valence-electron chi connectivity index (χ3n) is 6.42. The van der Waals surface area contributed by atoms with Gasteiger partial charge in [-0.2, -0.15) is 7.11 Å². The standard InChI is InChI=1S/C18H17NO3.C17H13NO2.CH4O.CH3O.Na/c1-13(14-9-5-3-6-10-14)16(18(21)22-2)19-17(20)15-11-7-4-8-12-15;1-12(13-8-4-2-5-9-13)15-17(19)20-16(18-15)14-10-6-3-7-11-14;2*1-2;/h3-12H,1-2H3,(H,19,20);2-11H,1H3;2H,1H3;1H3;/q;;;-1;+1/b16-13-;15-12-;;;. The molecule has 0 fully saturated rings. The van der Waals surface area contributed by atoms with Gasteiger partial charge in [0.2, 0.25) is 5.90 Å². The Kier molecular flexibility index (Phi) is 18.9. The van der Waals surface area contributed by atoms with Crippen molar-refractivity contribution in [1.29, 1.82) is 0 Å². The predicted octanol–water partition coefficient (Wildman–Crippen LogP) is 2.03. The van der Waals surface area contributed by atoms with Crippen LogP contribution in [-0.4, -0.2) is 50.2 Å². The van der Waals surface area contributed by atoms with Crippen molar-refractivity contribution in [1.82, 2.24) is 5.32 Å². The topological polar surface area (TPSA) is 137 Å². The number of esters is 2. The zero-order valence-electron chi connectivity index (χ0n) is 27.4. The van der Waals surface area contributed by atoms with Crippen LogP contribution in [0.2, 0.25) is 0 Å². The largest absolute Gasteiger partial charge is 1.00 e. The molecule has 0 saturated carbocycles. The van der Waals surface area contributed by atoms with Crippen LogP contribution in [0, 0.1) is 0 Å². The van der Waals surface area contributed by atoms with Gasteiger partial charge in [-0.15, -0.1) is 0 Å². The average Bonchev–Trinajstić information content (AvgIpc) is 3.54. The van der Waals surface area contributed by atoms with Crippen molar-refractivity contribution >= 4 is 34.9 Å². The summed E-state index contributed by atoms with van der Waals surface area (Å²) in [5.41, 5.74) is 5.08. The molecule has 0 bridgehead atoms. The molecule has 2 N–H and O–H groups in total. The van der Waals surface area contributed by atoms with Crippen LogP contribution < -0.4 is 40.0 Å². The van der Waals surface area contributed by atoms with Gasteiger partial charge in [-0.05, 0) is 60.4 Å². The molecule has 5 rings (SSSR count). The van der Waals surface area contributed by atoms with E-state index in [1.165, 1.54) is 7.11 Å². The van der Waals surface area contributed by atoms with Gasteiger partial charge in [-0.3, -0.25) is 4.79 Å². The van der Waals surface area contributed by atoms with Gasteiger partial charge in [0.1, 0.15) is 5.70 Å². The summed E-state index contributed by atoms with van der Waals surface area (Å²) in [5.74, 6) is -0.965. The maximum atomic E-state index is 12.3. The predicted molar refractivity (Wildman–Crippen MR) is 177 cm³/mol. The van der Waals surface area contributed by atoms with Crippen LogP contribution in [0.15, 0.2) is 138 Å². The van der Waals surface area contributed by atoms with Crippen molar-refractivity contribution in [2.75, 3.05) is 21.3 Å². The van der Waals surface area contributed by atoms with Crippen LogP contribution in [0.5, 0.6) is 0 Å². The molecule has 0 unspecified atom stereocenters. The molecular weight excluding hydrogens is 607 g/mol. The number of cyclic esters (lactones) is 1. The summed E-state index contributed by atoms with van der Waals surface area (Å²) in [7, 11) is 3.04. The van der Waals surface area contributed by atoms with E-state index in [9.17, 15) is 14.4 Å². The second-order valence-corrected chi connectivity index (χ2v) is 9.19. The van der Waals surface area contributed by atoms with Crippen LogP contribution >= 0.6 is 0 Å². The number of nitrogens with zero attached hydrogens (tertiary/aromatic N) is 1. The van der Waals surface area contributed by atoms with E-state index in [2.05, 4.69) is 10.3 Å². The molecule has 0 saturated heterocycles. The van der Waals surface area contributed by atoms with Crippen LogP contribution in [-0.2, 0) is 19.1 Å².